The topological polar surface area (TPSA) is 52.6 Å². The van der Waals surface area contributed by atoms with Crippen molar-refractivity contribution in [1.82, 2.24) is 0 Å². The van der Waals surface area contributed by atoms with E-state index in [1.807, 2.05) is 12.1 Å². The largest absolute Gasteiger partial charge is 0.469 e. The molecule has 0 aliphatic rings. The van der Waals surface area contributed by atoms with Crippen molar-refractivity contribution in [1.29, 1.82) is 0 Å². The Morgan fingerprint density at radius 3 is 2.35 bits per heavy atom. The number of methoxy groups -OCH3 is 2. The quantitative estimate of drug-likeness (QED) is 0.476. The van der Waals surface area contributed by atoms with Crippen molar-refractivity contribution in [2.45, 2.75) is 6.42 Å². The van der Waals surface area contributed by atoms with Gasteiger partial charge in [-0.3, -0.25) is 4.79 Å². The van der Waals surface area contributed by atoms with E-state index in [1.54, 1.807) is 24.3 Å². The molecule has 4 nitrogen and oxygen atoms in total. The molecule has 0 radical (unpaired) electrons. The lowest BCUT2D eigenvalue weighted by Crippen LogP contribution is -2.10. The second-order valence-electron chi connectivity index (χ2n) is 3.85. The van der Waals surface area contributed by atoms with Crippen molar-refractivity contribution < 1.29 is 19.1 Å². The van der Waals surface area contributed by atoms with Gasteiger partial charge in [-0.1, -0.05) is 42.0 Å². The third-order valence-corrected chi connectivity index (χ3v) is 2.72. The molecule has 0 aliphatic carbocycles. The lowest BCUT2D eigenvalue weighted by Gasteiger charge is -2.02. The van der Waals surface area contributed by atoms with Crippen LogP contribution in [0.5, 0.6) is 0 Å². The number of hydrogen-bond acceptors (Lipinski definition) is 4. The maximum atomic E-state index is 11.5. The zero-order valence-electron chi connectivity index (χ0n) is 11.3. The first-order chi connectivity index (χ1) is 9.56. The molecule has 1 aromatic rings. The summed E-state index contributed by atoms with van der Waals surface area (Å²) >= 11 is 5.78. The Bertz CT molecular complexity index is 529. The Labute approximate surface area is 122 Å². The Balaban J connectivity index is 2.82. The standard InChI is InChI=1S/C15H15ClO4/c1-19-14(17)10-12(15(18)20-2)5-3-4-11-6-8-13(16)9-7-11/h3-9H,10H2,1-2H3/b4-3-,12-5+. The van der Waals surface area contributed by atoms with Gasteiger partial charge in [-0.15, -0.1) is 0 Å². The van der Waals surface area contributed by atoms with Crippen molar-refractivity contribution >= 4 is 29.6 Å². The van der Waals surface area contributed by atoms with Crippen LogP contribution in [0.1, 0.15) is 12.0 Å². The fourth-order valence-electron chi connectivity index (χ4n) is 1.41. The van der Waals surface area contributed by atoms with Gasteiger partial charge in [-0.25, -0.2) is 4.79 Å². The van der Waals surface area contributed by atoms with Crippen LogP contribution < -0.4 is 0 Å². The number of rotatable bonds is 5. The molecule has 0 heterocycles. The molecule has 0 aromatic heterocycles. The zero-order valence-corrected chi connectivity index (χ0v) is 12.0. The number of ether oxygens (including phenoxy) is 2. The lowest BCUT2D eigenvalue weighted by atomic mass is 10.1. The van der Waals surface area contributed by atoms with Crippen molar-refractivity contribution in [3.63, 3.8) is 0 Å². The molecule has 20 heavy (non-hydrogen) atoms. The molecule has 0 atom stereocenters. The predicted molar refractivity (Wildman–Crippen MR) is 77.2 cm³/mol. The number of carbonyl (C=O) groups is 2. The second kappa shape index (κ2) is 8.17. The highest BCUT2D eigenvalue weighted by Crippen LogP contribution is 2.11. The number of allylic oxidation sites excluding steroid dienone is 2. The van der Waals surface area contributed by atoms with Crippen LogP contribution in [0.2, 0.25) is 5.02 Å². The molecular weight excluding hydrogens is 280 g/mol. The minimum atomic E-state index is -0.559. The maximum Gasteiger partial charge on any atom is 0.334 e. The number of hydrogen-bond donors (Lipinski definition) is 0. The summed E-state index contributed by atoms with van der Waals surface area (Å²) in [5.41, 5.74) is 1.15. The van der Waals surface area contributed by atoms with Gasteiger partial charge in [-0.05, 0) is 17.7 Å². The minimum Gasteiger partial charge on any atom is -0.469 e. The summed E-state index contributed by atoms with van der Waals surface area (Å²) in [6.45, 7) is 0. The van der Waals surface area contributed by atoms with Gasteiger partial charge in [0.2, 0.25) is 0 Å². The smallest absolute Gasteiger partial charge is 0.334 e. The van der Waals surface area contributed by atoms with Crippen LogP contribution >= 0.6 is 11.6 Å². The van der Waals surface area contributed by atoms with Crippen LogP contribution in [0.15, 0.2) is 42.0 Å². The highest BCUT2D eigenvalue weighted by molar-refractivity contribution is 6.30. The van der Waals surface area contributed by atoms with E-state index in [1.165, 1.54) is 20.3 Å². The summed E-state index contributed by atoms with van der Waals surface area (Å²) in [5, 5.41) is 0.652. The van der Waals surface area contributed by atoms with Gasteiger partial charge in [-0.2, -0.15) is 0 Å². The summed E-state index contributed by atoms with van der Waals surface area (Å²) in [4.78, 5) is 22.7. The average Bonchev–Trinajstić information content (AvgIpc) is 2.47. The average molecular weight is 295 g/mol. The molecule has 0 spiro atoms. The molecule has 1 rings (SSSR count). The van der Waals surface area contributed by atoms with Gasteiger partial charge < -0.3 is 9.47 Å². The first kappa shape index (κ1) is 16.0. The van der Waals surface area contributed by atoms with E-state index in [4.69, 9.17) is 11.6 Å². The Kier molecular flexibility index (Phi) is 6.53. The van der Waals surface area contributed by atoms with Gasteiger partial charge in [0.1, 0.15) is 0 Å². The molecular formula is C15H15ClO4. The Hall–Kier alpha value is -2.07. The van der Waals surface area contributed by atoms with E-state index in [0.717, 1.165) is 5.56 Å². The summed E-state index contributed by atoms with van der Waals surface area (Å²) < 4.78 is 9.14. The van der Waals surface area contributed by atoms with Crippen LogP contribution in [-0.2, 0) is 19.1 Å². The highest BCUT2D eigenvalue weighted by atomic mass is 35.5. The molecule has 0 saturated heterocycles. The van der Waals surface area contributed by atoms with E-state index in [9.17, 15) is 9.59 Å². The Morgan fingerprint density at radius 1 is 1.15 bits per heavy atom. The normalized spacial score (nSPS) is 11.4. The third kappa shape index (κ3) is 5.28. The molecule has 5 heteroatoms. The number of esters is 2. The van der Waals surface area contributed by atoms with Gasteiger partial charge in [0.25, 0.3) is 0 Å². The van der Waals surface area contributed by atoms with Gasteiger partial charge in [0, 0.05) is 10.6 Å². The molecule has 0 unspecified atom stereocenters. The van der Waals surface area contributed by atoms with E-state index < -0.39 is 11.9 Å². The SMILES string of the molecule is COC(=O)C/C(=C\C=C/c1ccc(Cl)cc1)C(=O)OC. The van der Waals surface area contributed by atoms with Crippen LogP contribution in [0.25, 0.3) is 6.08 Å². The Morgan fingerprint density at radius 2 is 1.80 bits per heavy atom. The van der Waals surface area contributed by atoms with Gasteiger partial charge >= 0.3 is 11.9 Å². The van der Waals surface area contributed by atoms with E-state index in [0.29, 0.717) is 5.02 Å². The molecule has 0 amide bonds. The van der Waals surface area contributed by atoms with Crippen LogP contribution in [0.4, 0.5) is 0 Å². The minimum absolute atomic E-state index is 0.131. The number of benzene rings is 1. The van der Waals surface area contributed by atoms with Crippen molar-refractivity contribution in [3.05, 3.63) is 52.6 Å². The molecule has 0 bridgehead atoms. The summed E-state index contributed by atoms with van der Waals surface area (Å²) in [5.74, 6) is -1.06. The van der Waals surface area contributed by atoms with Crippen LogP contribution in [0.3, 0.4) is 0 Å². The summed E-state index contributed by atoms with van der Waals surface area (Å²) in [6.07, 6.45) is 4.85. The second-order valence-corrected chi connectivity index (χ2v) is 4.28. The van der Waals surface area contributed by atoms with Crippen LogP contribution in [-0.4, -0.2) is 26.2 Å². The number of carbonyl (C=O) groups excluding carboxylic acids is 2. The first-order valence-corrected chi connectivity index (χ1v) is 6.22. The van der Waals surface area contributed by atoms with E-state index in [-0.39, 0.29) is 12.0 Å². The molecule has 0 aliphatic heterocycles. The van der Waals surface area contributed by atoms with E-state index >= 15 is 0 Å². The third-order valence-electron chi connectivity index (χ3n) is 2.47. The van der Waals surface area contributed by atoms with Crippen molar-refractivity contribution in [2.75, 3.05) is 14.2 Å². The predicted octanol–water partition coefficient (Wildman–Crippen LogP) is 3.02. The number of halogens is 1. The van der Waals surface area contributed by atoms with E-state index in [2.05, 4.69) is 9.47 Å². The fraction of sp³-hybridized carbons (Fsp3) is 0.200. The first-order valence-electron chi connectivity index (χ1n) is 5.84. The highest BCUT2D eigenvalue weighted by Gasteiger charge is 2.13. The van der Waals surface area contributed by atoms with Gasteiger partial charge in [0.05, 0.1) is 20.6 Å². The monoisotopic (exact) mass is 294 g/mol. The lowest BCUT2D eigenvalue weighted by molar-refractivity contribution is -0.143. The summed E-state index contributed by atoms with van der Waals surface area (Å²) in [6, 6.07) is 7.21. The molecule has 1 aromatic carbocycles. The van der Waals surface area contributed by atoms with Crippen molar-refractivity contribution in [2.24, 2.45) is 0 Å². The molecule has 0 fully saturated rings. The van der Waals surface area contributed by atoms with Crippen molar-refractivity contribution in [3.8, 4) is 0 Å². The van der Waals surface area contributed by atoms with Gasteiger partial charge in [0.15, 0.2) is 0 Å². The summed E-state index contributed by atoms with van der Waals surface area (Å²) in [7, 11) is 2.52. The maximum absolute atomic E-state index is 11.5. The molecule has 106 valence electrons. The molecule has 0 saturated carbocycles. The fourth-order valence-corrected chi connectivity index (χ4v) is 1.53. The molecule has 0 N–H and O–H groups in total. The van der Waals surface area contributed by atoms with Crippen LogP contribution in [0, 0.1) is 0 Å². The zero-order chi connectivity index (χ0) is 15.0.